The van der Waals surface area contributed by atoms with E-state index in [1.165, 1.54) is 24.3 Å². The highest BCUT2D eigenvalue weighted by Gasteiger charge is 2.31. The smallest absolute Gasteiger partial charge is 0.333 e. The molecule has 180 valence electrons. The van der Waals surface area contributed by atoms with Gasteiger partial charge in [0.25, 0.3) is 15.9 Å². The number of nitrogens with one attached hydrogen (secondary N) is 3. The molecule has 2 aromatic carbocycles. The zero-order chi connectivity index (χ0) is 30.9. The topological polar surface area (TPSA) is 125 Å². The molecule has 0 saturated carbocycles. The Bertz CT molecular complexity index is 1510. The number of carbonyl (C=O) groups is 3. The zero-order valence-electron chi connectivity index (χ0n) is 25.5. The Balaban J connectivity index is 1.61. The largest absolute Gasteiger partial charge is 0.337 e. The van der Waals surface area contributed by atoms with E-state index >= 15 is 0 Å². The van der Waals surface area contributed by atoms with Crippen LogP contribution < -0.4 is 15.4 Å². The first-order chi connectivity index (χ1) is 19.0. The summed E-state index contributed by atoms with van der Waals surface area (Å²) in [6.45, 7) is 1.11. The van der Waals surface area contributed by atoms with Crippen molar-refractivity contribution >= 4 is 33.7 Å². The Labute approximate surface area is 209 Å². The summed E-state index contributed by atoms with van der Waals surface area (Å²) in [5.41, 5.74) is 0.607. The molecule has 34 heavy (non-hydrogen) atoms. The van der Waals surface area contributed by atoms with Gasteiger partial charge in [0, 0.05) is 21.9 Å². The maximum Gasteiger partial charge on any atom is 0.333 e. The van der Waals surface area contributed by atoms with Gasteiger partial charge in [0.15, 0.2) is 0 Å². The lowest BCUT2D eigenvalue weighted by molar-refractivity contribution is -0.123. The van der Waals surface area contributed by atoms with E-state index in [0.717, 1.165) is 10.5 Å². The van der Waals surface area contributed by atoms with Gasteiger partial charge in [-0.25, -0.2) is 22.7 Å². The van der Waals surface area contributed by atoms with Crippen LogP contribution in [0.1, 0.15) is 41.0 Å². The molecule has 1 heterocycles. The van der Waals surface area contributed by atoms with Crippen LogP contribution in [0.5, 0.6) is 0 Å². The van der Waals surface area contributed by atoms with Crippen LogP contribution in [0.15, 0.2) is 64.5 Å². The number of urea groups is 2. The van der Waals surface area contributed by atoms with E-state index in [0.29, 0.717) is 24.0 Å². The molecule has 1 aliphatic heterocycles. The van der Waals surface area contributed by atoms with Crippen molar-refractivity contribution in [3.05, 3.63) is 70.7 Å². The first kappa shape index (κ1) is 16.9. The summed E-state index contributed by atoms with van der Waals surface area (Å²) in [5.74, 6) is -0.320. The first-order valence-corrected chi connectivity index (χ1v) is 11.8. The maximum absolute atomic E-state index is 12.7. The van der Waals surface area contributed by atoms with E-state index in [9.17, 15) is 22.8 Å². The minimum atomic E-state index is -4.42. The Hall–Kier alpha value is -3.66. The van der Waals surface area contributed by atoms with E-state index in [1.807, 2.05) is 12.2 Å². The number of amides is 5. The van der Waals surface area contributed by atoms with Gasteiger partial charge in [0.05, 0.1) is 16.9 Å². The molecule has 0 aromatic heterocycles. The molecule has 0 saturated heterocycles. The molecule has 9 nitrogen and oxygen atoms in total. The fourth-order valence-corrected chi connectivity index (χ4v) is 4.21. The van der Waals surface area contributed by atoms with E-state index < -0.39 is 64.4 Å². The van der Waals surface area contributed by atoms with E-state index in [2.05, 4.69) is 5.32 Å². The minimum absolute atomic E-state index is 0.178. The molecule has 0 fully saturated rings. The Morgan fingerprint density at radius 3 is 2.41 bits per heavy atom. The lowest BCUT2D eigenvalue weighted by Gasteiger charge is -2.16. The van der Waals surface area contributed by atoms with E-state index in [4.69, 9.17) is 9.60 Å². The number of nitrogens with zero attached hydrogens (tertiary/aromatic N) is 1. The van der Waals surface area contributed by atoms with Crippen molar-refractivity contribution in [2.24, 2.45) is 0 Å². The van der Waals surface area contributed by atoms with Crippen molar-refractivity contribution in [3.8, 4) is 0 Å². The molecule has 0 spiro atoms. The number of rotatable bonds is 7. The molecule has 3 rings (SSSR count). The zero-order valence-corrected chi connectivity index (χ0v) is 19.4. The Morgan fingerprint density at radius 2 is 1.82 bits per heavy atom. The number of imide groups is 1. The molecular weight excluding hydrogens is 456 g/mol. The molecule has 1 aliphatic rings. The van der Waals surface area contributed by atoms with Crippen molar-refractivity contribution in [3.63, 3.8) is 0 Å². The number of carbonyl (C=O) groups excluding carboxylic acids is 3. The molecule has 2 aromatic rings. The van der Waals surface area contributed by atoms with Gasteiger partial charge >= 0.3 is 12.1 Å². The van der Waals surface area contributed by atoms with Gasteiger partial charge in [-0.1, -0.05) is 36.7 Å². The molecule has 0 unspecified atom stereocenters. The summed E-state index contributed by atoms with van der Waals surface area (Å²) in [6, 6.07) is -0.0152. The SMILES string of the molecule is [2H]c1c([2H])c(C([2H])([2H])[2H])c([2H])c([2H])c1NC(=O)NS(=O)(=O)c1ccc(CCNC(=O)N2CC(C)=C(CC)C2=O)cc1. The number of hydrogen-bond acceptors (Lipinski definition) is 5. The lowest BCUT2D eigenvalue weighted by atomic mass is 10.1. The molecule has 0 aliphatic carbocycles. The summed E-state index contributed by atoms with van der Waals surface area (Å²) in [7, 11) is -4.42. The fraction of sp³-hybridized carbons (Fsp3) is 0.292. The number of anilines is 1. The number of sulfonamides is 1. The van der Waals surface area contributed by atoms with Gasteiger partial charge in [0.2, 0.25) is 0 Å². The van der Waals surface area contributed by atoms with Gasteiger partial charge in [-0.15, -0.1) is 0 Å². The van der Waals surface area contributed by atoms with Crippen molar-refractivity contribution in [2.75, 3.05) is 18.4 Å². The molecule has 0 bridgehead atoms. The molecule has 5 amide bonds. The van der Waals surface area contributed by atoms with Crippen molar-refractivity contribution < 1.29 is 32.4 Å². The number of benzene rings is 2. The average molecular weight is 492 g/mol. The van der Waals surface area contributed by atoms with Gasteiger partial charge in [-0.3, -0.25) is 9.69 Å². The van der Waals surface area contributed by atoms with Gasteiger partial charge in [-0.2, -0.15) is 0 Å². The second-order valence-corrected chi connectivity index (χ2v) is 9.12. The molecule has 0 radical (unpaired) electrons. The highest BCUT2D eigenvalue weighted by Crippen LogP contribution is 2.21. The summed E-state index contributed by atoms with van der Waals surface area (Å²) in [6.07, 6.45) is 0.861. The molecule has 10 heteroatoms. The predicted molar refractivity (Wildman–Crippen MR) is 129 cm³/mol. The highest BCUT2D eigenvalue weighted by atomic mass is 32.2. The third kappa shape index (κ3) is 6.02. The summed E-state index contributed by atoms with van der Waals surface area (Å²) < 4.78 is 81.0. The van der Waals surface area contributed by atoms with Crippen LogP contribution in [0.3, 0.4) is 0 Å². The third-order valence-corrected chi connectivity index (χ3v) is 6.37. The summed E-state index contributed by atoms with van der Waals surface area (Å²) in [5, 5.41) is 4.61. The van der Waals surface area contributed by atoms with Crippen LogP contribution in [0.2, 0.25) is 0 Å². The standard InChI is InChI=1S/C24H28N4O5S/c1-4-21-17(3)15-28(22(21)29)24(31)25-14-13-18-7-11-20(12-8-18)34(32,33)27-23(30)26-19-9-5-16(2)6-10-19/h5-12H,4,13-15H2,1-3H3,(H,25,31)(H2,26,27,30)/i2D3,5D,6D,9D,10D. The first-order valence-electron chi connectivity index (χ1n) is 13.8. The second-order valence-electron chi connectivity index (χ2n) is 7.44. The van der Waals surface area contributed by atoms with Crippen LogP contribution in [0, 0.1) is 6.85 Å². The lowest BCUT2D eigenvalue weighted by Crippen LogP contribution is -2.42. The Morgan fingerprint density at radius 1 is 1.15 bits per heavy atom. The van der Waals surface area contributed by atoms with Gasteiger partial charge < -0.3 is 10.6 Å². The Kier molecular flexibility index (Phi) is 5.22. The molecule has 0 atom stereocenters. The van der Waals surface area contributed by atoms with Crippen LogP contribution in [-0.2, 0) is 21.2 Å². The van der Waals surface area contributed by atoms with Crippen LogP contribution in [-0.4, -0.2) is 44.4 Å². The van der Waals surface area contributed by atoms with Crippen LogP contribution in [0.25, 0.3) is 0 Å². The maximum atomic E-state index is 12.7. The molecule has 3 N–H and O–H groups in total. The summed E-state index contributed by atoms with van der Waals surface area (Å²) >= 11 is 0. The van der Waals surface area contributed by atoms with Gasteiger partial charge in [-0.05, 0) is 62.0 Å². The second kappa shape index (κ2) is 10.5. The normalized spacial score (nSPS) is 17.1. The quantitative estimate of drug-likeness (QED) is 0.548. The van der Waals surface area contributed by atoms with Crippen molar-refractivity contribution in [1.29, 1.82) is 0 Å². The third-order valence-electron chi connectivity index (χ3n) is 5.03. The van der Waals surface area contributed by atoms with Crippen molar-refractivity contribution in [2.45, 2.75) is 38.4 Å². The highest BCUT2D eigenvalue weighted by molar-refractivity contribution is 7.90. The van der Waals surface area contributed by atoms with Crippen molar-refractivity contribution in [1.82, 2.24) is 14.9 Å². The number of hydrogen-bond donors (Lipinski definition) is 3. The summed E-state index contributed by atoms with van der Waals surface area (Å²) in [4.78, 5) is 37.9. The fourth-order valence-electron chi connectivity index (χ4n) is 3.31. The van der Waals surface area contributed by atoms with E-state index in [1.54, 1.807) is 11.6 Å². The monoisotopic (exact) mass is 491 g/mol. The average Bonchev–Trinajstić information content (AvgIpc) is 3.17. The van der Waals surface area contributed by atoms with Gasteiger partial charge in [0.1, 0.15) is 0 Å². The van der Waals surface area contributed by atoms with Crippen LogP contribution in [0.4, 0.5) is 15.3 Å². The predicted octanol–water partition coefficient (Wildman–Crippen LogP) is 3.33. The molecular formula is C24H28N4O5S. The minimum Gasteiger partial charge on any atom is -0.337 e. The van der Waals surface area contributed by atoms with E-state index in [-0.39, 0.29) is 23.9 Å². The van der Waals surface area contributed by atoms with Crippen LogP contribution >= 0.6 is 0 Å².